The molecule has 1 unspecified atom stereocenters. The maximum atomic E-state index is 13.2. The highest BCUT2D eigenvalue weighted by Crippen LogP contribution is 2.24. The average molecular weight is 262 g/mol. The van der Waals surface area contributed by atoms with Crippen molar-refractivity contribution < 1.29 is 9.31 Å². The number of nitro benzene ring substituents is 1. The minimum atomic E-state index is -0.859. The lowest BCUT2D eigenvalue weighted by Crippen LogP contribution is -2.09. The van der Waals surface area contributed by atoms with E-state index < -0.39 is 16.4 Å². The number of anilines is 1. The highest BCUT2D eigenvalue weighted by atomic mass is 19.1. The molecule has 98 valence electrons. The molecule has 1 aromatic heterocycles. The van der Waals surface area contributed by atoms with Gasteiger partial charge in [0.2, 0.25) is 5.82 Å². The van der Waals surface area contributed by atoms with E-state index in [2.05, 4.69) is 15.3 Å². The second kappa shape index (κ2) is 5.38. The molecule has 0 fully saturated rings. The molecule has 0 amide bonds. The van der Waals surface area contributed by atoms with Gasteiger partial charge in [-0.15, -0.1) is 0 Å². The fraction of sp³-hybridized carbons (Fsp3) is 0.167. The zero-order valence-corrected chi connectivity index (χ0v) is 10.1. The van der Waals surface area contributed by atoms with Gasteiger partial charge in [0.05, 0.1) is 22.9 Å². The van der Waals surface area contributed by atoms with Gasteiger partial charge in [0, 0.05) is 24.1 Å². The van der Waals surface area contributed by atoms with Crippen molar-refractivity contribution in [1.29, 1.82) is 0 Å². The number of nitro groups is 1. The molecule has 0 aliphatic carbocycles. The van der Waals surface area contributed by atoms with Crippen LogP contribution in [0.4, 0.5) is 15.8 Å². The summed E-state index contributed by atoms with van der Waals surface area (Å²) in [5.41, 5.74) is 0.581. The summed E-state index contributed by atoms with van der Waals surface area (Å²) in [5, 5.41) is 13.7. The smallest absolute Gasteiger partial charge is 0.306 e. The van der Waals surface area contributed by atoms with Crippen molar-refractivity contribution in [3.8, 4) is 0 Å². The Bertz CT molecular complexity index is 592. The van der Waals surface area contributed by atoms with Gasteiger partial charge in [0.25, 0.3) is 0 Å². The highest BCUT2D eigenvalue weighted by molar-refractivity contribution is 5.52. The monoisotopic (exact) mass is 262 g/mol. The molecule has 6 nitrogen and oxygen atoms in total. The number of rotatable bonds is 4. The maximum Gasteiger partial charge on any atom is 0.306 e. The summed E-state index contributed by atoms with van der Waals surface area (Å²) in [7, 11) is 0. The molecule has 0 saturated carbocycles. The molecule has 7 heteroatoms. The Kier molecular flexibility index (Phi) is 3.65. The maximum absolute atomic E-state index is 13.2. The summed E-state index contributed by atoms with van der Waals surface area (Å²) >= 11 is 0. The number of nitrogens with zero attached hydrogens (tertiary/aromatic N) is 3. The number of halogens is 1. The van der Waals surface area contributed by atoms with Crippen LogP contribution in [0.25, 0.3) is 0 Å². The predicted molar refractivity (Wildman–Crippen MR) is 67.1 cm³/mol. The molecule has 0 aliphatic rings. The number of nitrogens with one attached hydrogen (secondary N) is 1. The summed E-state index contributed by atoms with van der Waals surface area (Å²) in [6, 6.07) is 3.46. The summed E-state index contributed by atoms with van der Waals surface area (Å²) in [4.78, 5) is 17.9. The van der Waals surface area contributed by atoms with E-state index in [-0.39, 0.29) is 6.04 Å². The van der Waals surface area contributed by atoms with Crippen LogP contribution in [0, 0.1) is 15.9 Å². The lowest BCUT2D eigenvalue weighted by molar-refractivity contribution is -0.387. The molecule has 1 heterocycles. The molecule has 0 spiro atoms. The zero-order valence-electron chi connectivity index (χ0n) is 10.1. The van der Waals surface area contributed by atoms with Crippen molar-refractivity contribution >= 4 is 11.4 Å². The minimum absolute atomic E-state index is 0.196. The lowest BCUT2D eigenvalue weighted by Gasteiger charge is -2.14. The molecule has 0 saturated heterocycles. The Hall–Kier alpha value is -2.57. The molecule has 1 aromatic carbocycles. The van der Waals surface area contributed by atoms with Crippen LogP contribution in [-0.4, -0.2) is 14.9 Å². The molecule has 2 rings (SSSR count). The van der Waals surface area contributed by atoms with E-state index in [0.29, 0.717) is 11.4 Å². The summed E-state index contributed by atoms with van der Waals surface area (Å²) in [5.74, 6) is -0.859. The molecule has 0 bridgehead atoms. The molecule has 1 N–H and O–H groups in total. The van der Waals surface area contributed by atoms with Crippen LogP contribution in [0.15, 0.2) is 36.8 Å². The van der Waals surface area contributed by atoms with Gasteiger partial charge >= 0.3 is 5.69 Å². The molecule has 1 atom stereocenters. The van der Waals surface area contributed by atoms with Crippen molar-refractivity contribution in [1.82, 2.24) is 9.97 Å². The second-order valence-electron chi connectivity index (χ2n) is 3.92. The van der Waals surface area contributed by atoms with Crippen LogP contribution in [-0.2, 0) is 0 Å². The van der Waals surface area contributed by atoms with Gasteiger partial charge in [-0.3, -0.25) is 20.1 Å². The van der Waals surface area contributed by atoms with Crippen LogP contribution in [0.2, 0.25) is 0 Å². The Morgan fingerprint density at radius 3 is 2.84 bits per heavy atom. The van der Waals surface area contributed by atoms with E-state index in [0.717, 1.165) is 12.1 Å². The van der Waals surface area contributed by atoms with Crippen molar-refractivity contribution in [2.45, 2.75) is 13.0 Å². The van der Waals surface area contributed by atoms with Crippen LogP contribution in [0.1, 0.15) is 18.7 Å². The van der Waals surface area contributed by atoms with Gasteiger partial charge in [-0.2, -0.15) is 4.39 Å². The Morgan fingerprint density at radius 2 is 2.21 bits per heavy atom. The Balaban J connectivity index is 2.20. The van der Waals surface area contributed by atoms with Crippen LogP contribution >= 0.6 is 0 Å². The predicted octanol–water partition coefficient (Wildman–Crippen LogP) is 2.70. The number of hydrogen-bond acceptors (Lipinski definition) is 5. The van der Waals surface area contributed by atoms with E-state index in [1.807, 2.05) is 6.92 Å². The topological polar surface area (TPSA) is 81.0 Å². The van der Waals surface area contributed by atoms with Gasteiger partial charge in [-0.25, -0.2) is 0 Å². The van der Waals surface area contributed by atoms with E-state index in [9.17, 15) is 14.5 Å². The third-order valence-corrected chi connectivity index (χ3v) is 2.55. The fourth-order valence-corrected chi connectivity index (χ4v) is 1.60. The molecular formula is C12H11FN4O2. The molecule has 19 heavy (non-hydrogen) atoms. The standard InChI is InChI=1S/C12H11FN4O2/c1-8(11-7-14-4-5-15-11)16-9-2-3-10(13)12(6-9)17(18)19/h2-8,16H,1H3. The van der Waals surface area contributed by atoms with Gasteiger partial charge < -0.3 is 5.32 Å². The van der Waals surface area contributed by atoms with Crippen molar-refractivity contribution in [2.24, 2.45) is 0 Å². The van der Waals surface area contributed by atoms with Crippen molar-refractivity contribution in [3.63, 3.8) is 0 Å². The van der Waals surface area contributed by atoms with Crippen molar-refractivity contribution in [2.75, 3.05) is 5.32 Å². The van der Waals surface area contributed by atoms with Crippen molar-refractivity contribution in [3.05, 3.63) is 58.4 Å². The van der Waals surface area contributed by atoms with E-state index >= 15 is 0 Å². The van der Waals surface area contributed by atoms with E-state index in [1.54, 1.807) is 18.6 Å². The molecule has 0 radical (unpaired) electrons. The molecule has 2 aromatic rings. The average Bonchev–Trinajstić information content (AvgIpc) is 2.41. The Morgan fingerprint density at radius 1 is 1.42 bits per heavy atom. The van der Waals surface area contributed by atoms with Gasteiger partial charge in [0.15, 0.2) is 0 Å². The molecular weight excluding hydrogens is 251 g/mol. The van der Waals surface area contributed by atoms with Crippen LogP contribution in [0.3, 0.4) is 0 Å². The first-order chi connectivity index (χ1) is 9.08. The van der Waals surface area contributed by atoms with Gasteiger partial charge in [0.1, 0.15) is 0 Å². The molecule has 0 aliphatic heterocycles. The zero-order chi connectivity index (χ0) is 13.8. The Labute approximate surface area is 108 Å². The number of hydrogen-bond donors (Lipinski definition) is 1. The summed E-state index contributed by atoms with van der Waals surface area (Å²) in [6.07, 6.45) is 4.70. The first-order valence-corrected chi connectivity index (χ1v) is 5.54. The van der Waals surface area contributed by atoms with Gasteiger partial charge in [-0.1, -0.05) is 0 Å². The van der Waals surface area contributed by atoms with Crippen LogP contribution < -0.4 is 5.32 Å². The highest BCUT2D eigenvalue weighted by Gasteiger charge is 2.15. The second-order valence-corrected chi connectivity index (χ2v) is 3.92. The largest absolute Gasteiger partial charge is 0.377 e. The quantitative estimate of drug-likeness (QED) is 0.676. The number of benzene rings is 1. The first-order valence-electron chi connectivity index (χ1n) is 5.54. The summed E-state index contributed by atoms with van der Waals surface area (Å²) < 4.78 is 13.2. The van der Waals surface area contributed by atoms with Crippen LogP contribution in [0.5, 0.6) is 0 Å². The third-order valence-electron chi connectivity index (χ3n) is 2.55. The SMILES string of the molecule is CC(Nc1ccc(F)c([N+](=O)[O-])c1)c1cnccn1. The number of aromatic nitrogens is 2. The summed E-state index contributed by atoms with van der Waals surface area (Å²) in [6.45, 7) is 1.83. The van der Waals surface area contributed by atoms with E-state index in [1.165, 1.54) is 6.07 Å². The van der Waals surface area contributed by atoms with Gasteiger partial charge in [-0.05, 0) is 19.1 Å². The van der Waals surface area contributed by atoms with E-state index in [4.69, 9.17) is 0 Å². The first kappa shape index (κ1) is 12.9. The normalized spacial score (nSPS) is 11.9. The fourth-order valence-electron chi connectivity index (χ4n) is 1.60. The third kappa shape index (κ3) is 3.01. The minimum Gasteiger partial charge on any atom is -0.377 e. The lowest BCUT2D eigenvalue weighted by atomic mass is 10.2.